The van der Waals surface area contributed by atoms with Crippen molar-refractivity contribution in [2.75, 3.05) is 0 Å². The molecule has 4 heteroatoms. The highest BCUT2D eigenvalue weighted by Gasteiger charge is 2.35. The smallest absolute Gasteiger partial charge is 0.332 e. The zero-order valence-electron chi connectivity index (χ0n) is 16.3. The van der Waals surface area contributed by atoms with E-state index in [4.69, 9.17) is 4.65 Å². The Hall–Kier alpha value is -2.43. The van der Waals surface area contributed by atoms with E-state index in [-0.39, 0.29) is 0 Å². The Morgan fingerprint density at radius 1 is 0.778 bits per heavy atom. The molecular formula is C23H25BNO2. The summed E-state index contributed by atoms with van der Waals surface area (Å²) in [5, 5.41) is 10.2. The SMILES string of the molecule is CC(C)(O)C(C)(C)O[B]c1ccc(-c2ccc(-c3ccccc3)cc2)nc1. The zero-order chi connectivity index (χ0) is 19.5. The van der Waals surface area contributed by atoms with Crippen molar-refractivity contribution < 1.29 is 9.76 Å². The second-order valence-corrected chi connectivity index (χ2v) is 7.73. The van der Waals surface area contributed by atoms with Gasteiger partial charge in [-0.2, -0.15) is 0 Å². The topological polar surface area (TPSA) is 42.4 Å². The summed E-state index contributed by atoms with van der Waals surface area (Å²) in [5.74, 6) is 0. The Morgan fingerprint density at radius 3 is 1.93 bits per heavy atom. The summed E-state index contributed by atoms with van der Waals surface area (Å²) in [7, 11) is 1.65. The number of rotatable bonds is 6. The molecule has 1 N–H and O–H groups in total. The average molecular weight is 358 g/mol. The van der Waals surface area contributed by atoms with Crippen LogP contribution in [-0.4, -0.2) is 28.8 Å². The Balaban J connectivity index is 1.69. The lowest BCUT2D eigenvalue weighted by Gasteiger charge is -2.37. The van der Waals surface area contributed by atoms with Crippen LogP contribution in [0.25, 0.3) is 22.4 Å². The van der Waals surface area contributed by atoms with Crippen LogP contribution in [0, 0.1) is 0 Å². The van der Waals surface area contributed by atoms with Crippen molar-refractivity contribution in [3.8, 4) is 22.4 Å². The van der Waals surface area contributed by atoms with E-state index in [1.807, 2.05) is 44.2 Å². The number of nitrogens with zero attached hydrogens (tertiary/aromatic N) is 1. The predicted octanol–water partition coefficient (Wildman–Crippen LogP) is 4.23. The van der Waals surface area contributed by atoms with Crippen molar-refractivity contribution >= 4 is 12.9 Å². The lowest BCUT2D eigenvalue weighted by molar-refractivity contribution is -0.0893. The quantitative estimate of drug-likeness (QED) is 0.671. The normalized spacial score (nSPS) is 12.0. The summed E-state index contributed by atoms with van der Waals surface area (Å²) >= 11 is 0. The first-order valence-electron chi connectivity index (χ1n) is 9.12. The van der Waals surface area contributed by atoms with E-state index in [1.54, 1.807) is 27.5 Å². The Morgan fingerprint density at radius 2 is 1.37 bits per heavy atom. The molecule has 0 aliphatic carbocycles. The molecule has 3 aromatic rings. The van der Waals surface area contributed by atoms with Crippen LogP contribution in [0.5, 0.6) is 0 Å². The van der Waals surface area contributed by atoms with Gasteiger partial charge in [0, 0.05) is 11.8 Å². The molecule has 0 amide bonds. The van der Waals surface area contributed by atoms with Crippen molar-refractivity contribution in [2.45, 2.75) is 38.9 Å². The van der Waals surface area contributed by atoms with Gasteiger partial charge in [-0.15, -0.1) is 0 Å². The molecule has 27 heavy (non-hydrogen) atoms. The molecule has 1 heterocycles. The van der Waals surface area contributed by atoms with Gasteiger partial charge in [0.25, 0.3) is 0 Å². The molecule has 0 saturated heterocycles. The van der Waals surface area contributed by atoms with Crippen LogP contribution < -0.4 is 5.46 Å². The number of aliphatic hydroxyl groups is 1. The largest absolute Gasteiger partial charge is 0.427 e. The van der Waals surface area contributed by atoms with Gasteiger partial charge in [-0.3, -0.25) is 4.98 Å². The number of benzene rings is 2. The van der Waals surface area contributed by atoms with Gasteiger partial charge >= 0.3 is 7.48 Å². The maximum absolute atomic E-state index is 10.2. The van der Waals surface area contributed by atoms with Crippen molar-refractivity contribution in [3.63, 3.8) is 0 Å². The monoisotopic (exact) mass is 358 g/mol. The van der Waals surface area contributed by atoms with Gasteiger partial charge in [-0.25, -0.2) is 0 Å². The minimum absolute atomic E-state index is 0.695. The first kappa shape index (κ1) is 19.3. The van der Waals surface area contributed by atoms with Crippen molar-refractivity contribution in [1.82, 2.24) is 4.98 Å². The zero-order valence-corrected chi connectivity index (χ0v) is 16.3. The number of pyridine rings is 1. The highest BCUT2D eigenvalue weighted by Crippen LogP contribution is 2.25. The van der Waals surface area contributed by atoms with Crippen LogP contribution in [0.2, 0.25) is 0 Å². The third kappa shape index (κ3) is 4.65. The second-order valence-electron chi connectivity index (χ2n) is 7.73. The van der Waals surface area contributed by atoms with Gasteiger partial charge < -0.3 is 9.76 Å². The Bertz CT molecular complexity index is 867. The second kappa shape index (κ2) is 7.67. The average Bonchev–Trinajstić information content (AvgIpc) is 2.67. The van der Waals surface area contributed by atoms with Crippen LogP contribution in [0.1, 0.15) is 27.7 Å². The van der Waals surface area contributed by atoms with Crippen LogP contribution in [-0.2, 0) is 4.65 Å². The molecule has 1 aromatic heterocycles. The molecule has 0 aliphatic rings. The third-order valence-corrected chi connectivity index (χ3v) is 5.04. The van der Waals surface area contributed by atoms with E-state index < -0.39 is 11.2 Å². The summed E-state index contributed by atoms with van der Waals surface area (Å²) in [5.41, 5.74) is 3.58. The van der Waals surface area contributed by atoms with Gasteiger partial charge in [-0.05, 0) is 50.4 Å². The van der Waals surface area contributed by atoms with Gasteiger partial charge in [-0.1, -0.05) is 60.7 Å². The van der Waals surface area contributed by atoms with Crippen molar-refractivity contribution in [2.24, 2.45) is 0 Å². The number of hydrogen-bond acceptors (Lipinski definition) is 3. The molecule has 0 fully saturated rings. The molecule has 0 unspecified atom stereocenters. The van der Waals surface area contributed by atoms with Gasteiger partial charge in [0.1, 0.15) is 0 Å². The lowest BCUT2D eigenvalue weighted by atomic mass is 9.83. The Kier molecular flexibility index (Phi) is 5.49. The third-order valence-electron chi connectivity index (χ3n) is 5.04. The summed E-state index contributed by atoms with van der Waals surface area (Å²) in [6, 6.07) is 22.7. The molecule has 137 valence electrons. The maximum atomic E-state index is 10.2. The fourth-order valence-corrected chi connectivity index (χ4v) is 2.47. The van der Waals surface area contributed by atoms with Gasteiger partial charge in [0.15, 0.2) is 0 Å². The fourth-order valence-electron chi connectivity index (χ4n) is 2.47. The molecule has 0 atom stereocenters. The van der Waals surface area contributed by atoms with E-state index in [2.05, 4.69) is 41.4 Å². The predicted molar refractivity (Wildman–Crippen MR) is 112 cm³/mol. The molecule has 3 nitrogen and oxygen atoms in total. The molecule has 0 aliphatic heterocycles. The van der Waals surface area contributed by atoms with Crippen LogP contribution in [0.4, 0.5) is 0 Å². The van der Waals surface area contributed by atoms with Crippen LogP contribution >= 0.6 is 0 Å². The summed E-state index contributed by atoms with van der Waals surface area (Å²) in [6.07, 6.45) is 1.78. The Labute approximate surface area is 162 Å². The summed E-state index contributed by atoms with van der Waals surface area (Å²) in [6.45, 7) is 7.20. The molecule has 0 bridgehead atoms. The summed E-state index contributed by atoms with van der Waals surface area (Å²) in [4.78, 5) is 4.54. The first-order chi connectivity index (χ1) is 12.8. The number of aromatic nitrogens is 1. The fraction of sp³-hybridized carbons (Fsp3) is 0.261. The highest BCUT2D eigenvalue weighted by molar-refractivity contribution is 6.46. The number of hydrogen-bond donors (Lipinski definition) is 1. The van der Waals surface area contributed by atoms with Gasteiger partial charge in [0.2, 0.25) is 0 Å². The van der Waals surface area contributed by atoms with E-state index in [0.717, 1.165) is 16.7 Å². The van der Waals surface area contributed by atoms with Crippen LogP contribution in [0.15, 0.2) is 72.9 Å². The van der Waals surface area contributed by atoms with E-state index in [0.29, 0.717) is 0 Å². The molecule has 3 rings (SSSR count). The maximum Gasteiger partial charge on any atom is 0.332 e. The van der Waals surface area contributed by atoms with Crippen molar-refractivity contribution in [3.05, 3.63) is 72.9 Å². The standard InChI is InChI=1S/C23H25BNO2/c1-22(2,26)23(3,4)27-24-20-14-15-21(25-16-20)19-12-10-18(11-13-19)17-8-6-5-7-9-17/h5-16,26H,1-4H3. The van der Waals surface area contributed by atoms with E-state index >= 15 is 0 Å². The van der Waals surface area contributed by atoms with E-state index in [1.165, 1.54) is 11.1 Å². The summed E-state index contributed by atoms with van der Waals surface area (Å²) < 4.78 is 5.78. The minimum atomic E-state index is -0.947. The molecule has 0 spiro atoms. The highest BCUT2D eigenvalue weighted by atomic mass is 16.5. The minimum Gasteiger partial charge on any atom is -0.427 e. The lowest BCUT2D eigenvalue weighted by Crippen LogP contribution is -2.49. The van der Waals surface area contributed by atoms with E-state index in [9.17, 15) is 5.11 Å². The first-order valence-corrected chi connectivity index (χ1v) is 9.12. The van der Waals surface area contributed by atoms with Gasteiger partial charge in [0.05, 0.1) is 16.9 Å². The molecule has 0 saturated carbocycles. The molecular weight excluding hydrogens is 333 g/mol. The molecule has 1 radical (unpaired) electrons. The van der Waals surface area contributed by atoms with Crippen LogP contribution in [0.3, 0.4) is 0 Å². The van der Waals surface area contributed by atoms with Crippen molar-refractivity contribution in [1.29, 1.82) is 0 Å². The molecule has 2 aromatic carbocycles.